The van der Waals surface area contributed by atoms with Crippen LogP contribution in [0.15, 0.2) is 71.3 Å². The molecule has 7 nitrogen and oxygen atoms in total. The van der Waals surface area contributed by atoms with Crippen molar-refractivity contribution in [2.45, 2.75) is 51.1 Å². The smallest absolute Gasteiger partial charge is 0.294 e. The number of furan rings is 1. The Morgan fingerprint density at radius 3 is 2.31 bits per heavy atom. The van der Waals surface area contributed by atoms with Crippen molar-refractivity contribution in [1.82, 2.24) is 5.32 Å². The molecule has 0 radical (unpaired) electrons. The number of carbonyl (C=O) groups excluding carboxylic acids is 3. The zero-order valence-corrected chi connectivity index (χ0v) is 20.0. The van der Waals surface area contributed by atoms with E-state index in [1.54, 1.807) is 67.8 Å². The summed E-state index contributed by atoms with van der Waals surface area (Å²) in [5.74, 6) is -0.316. The fraction of sp³-hybridized carbons (Fsp3) is 0.321. The number of hydrogen-bond donors (Lipinski definition) is 1. The van der Waals surface area contributed by atoms with Gasteiger partial charge in [0.05, 0.1) is 19.1 Å². The van der Waals surface area contributed by atoms with Crippen LogP contribution in [0.5, 0.6) is 5.75 Å². The highest BCUT2D eigenvalue weighted by molar-refractivity contribution is 6.12. The molecule has 1 atom stereocenters. The van der Waals surface area contributed by atoms with Crippen LogP contribution >= 0.6 is 0 Å². The predicted molar refractivity (Wildman–Crippen MR) is 133 cm³/mol. The summed E-state index contributed by atoms with van der Waals surface area (Å²) in [6, 6.07) is 16.0. The molecule has 1 fully saturated rings. The van der Waals surface area contributed by atoms with Gasteiger partial charge in [0.15, 0.2) is 11.5 Å². The Morgan fingerprint density at radius 2 is 1.69 bits per heavy atom. The van der Waals surface area contributed by atoms with Crippen molar-refractivity contribution in [2.24, 2.45) is 0 Å². The fourth-order valence-corrected chi connectivity index (χ4v) is 4.60. The summed E-state index contributed by atoms with van der Waals surface area (Å²) in [7, 11) is 1.57. The summed E-state index contributed by atoms with van der Waals surface area (Å²) in [6.07, 6.45) is 6.48. The number of benzene rings is 2. The highest BCUT2D eigenvalue weighted by Crippen LogP contribution is 2.34. The average molecular weight is 475 g/mol. The molecular formula is C28H30N2O5. The van der Waals surface area contributed by atoms with E-state index in [1.807, 2.05) is 0 Å². The molecule has 0 spiro atoms. The number of hydrogen-bond acceptors (Lipinski definition) is 5. The van der Waals surface area contributed by atoms with Crippen molar-refractivity contribution >= 4 is 23.3 Å². The predicted octanol–water partition coefficient (Wildman–Crippen LogP) is 5.33. The minimum Gasteiger partial charge on any atom is -0.497 e. The van der Waals surface area contributed by atoms with E-state index in [0.717, 1.165) is 32.1 Å². The molecular weight excluding hydrogens is 444 g/mol. The Hall–Kier alpha value is -3.87. The van der Waals surface area contributed by atoms with Gasteiger partial charge in [-0.1, -0.05) is 43.5 Å². The van der Waals surface area contributed by atoms with Gasteiger partial charge < -0.3 is 14.5 Å². The lowest BCUT2D eigenvalue weighted by Crippen LogP contribution is -2.47. The maximum Gasteiger partial charge on any atom is 0.294 e. The molecule has 4 rings (SSSR count). The molecule has 1 aliphatic carbocycles. The van der Waals surface area contributed by atoms with E-state index in [1.165, 1.54) is 18.1 Å². The van der Waals surface area contributed by atoms with E-state index < -0.39 is 11.9 Å². The van der Waals surface area contributed by atoms with Gasteiger partial charge in [0, 0.05) is 11.6 Å². The summed E-state index contributed by atoms with van der Waals surface area (Å²) in [5, 5.41) is 3.17. The van der Waals surface area contributed by atoms with Gasteiger partial charge in [-0.15, -0.1) is 0 Å². The Morgan fingerprint density at radius 1 is 0.971 bits per heavy atom. The molecule has 1 saturated carbocycles. The molecule has 0 aliphatic heterocycles. The van der Waals surface area contributed by atoms with Crippen LogP contribution in [0.1, 0.15) is 71.5 Å². The molecule has 7 heteroatoms. The fourth-order valence-electron chi connectivity index (χ4n) is 4.60. The summed E-state index contributed by atoms with van der Waals surface area (Å²) in [5.41, 5.74) is 1.29. The third-order valence-corrected chi connectivity index (χ3v) is 6.38. The van der Waals surface area contributed by atoms with Crippen LogP contribution in [0.2, 0.25) is 0 Å². The van der Waals surface area contributed by atoms with Crippen molar-refractivity contribution in [3.05, 3.63) is 83.8 Å². The van der Waals surface area contributed by atoms with E-state index >= 15 is 0 Å². The second kappa shape index (κ2) is 11.0. The Bertz CT molecular complexity index is 1160. The van der Waals surface area contributed by atoms with Crippen LogP contribution in [0.4, 0.5) is 5.69 Å². The van der Waals surface area contributed by atoms with E-state index in [4.69, 9.17) is 9.15 Å². The quantitative estimate of drug-likeness (QED) is 0.446. The van der Waals surface area contributed by atoms with E-state index in [2.05, 4.69) is 5.32 Å². The van der Waals surface area contributed by atoms with Gasteiger partial charge in [0.25, 0.3) is 5.91 Å². The van der Waals surface area contributed by atoms with Crippen molar-refractivity contribution in [3.8, 4) is 5.75 Å². The molecule has 0 saturated heterocycles. The van der Waals surface area contributed by atoms with Gasteiger partial charge in [0.2, 0.25) is 5.91 Å². The lowest BCUT2D eigenvalue weighted by molar-refractivity contribution is -0.123. The largest absolute Gasteiger partial charge is 0.497 e. The molecule has 2 aromatic carbocycles. The van der Waals surface area contributed by atoms with E-state index in [0.29, 0.717) is 22.6 Å². The van der Waals surface area contributed by atoms with Gasteiger partial charge in [-0.3, -0.25) is 19.3 Å². The topological polar surface area (TPSA) is 88.8 Å². The highest BCUT2D eigenvalue weighted by Gasteiger charge is 2.37. The van der Waals surface area contributed by atoms with Gasteiger partial charge in [-0.2, -0.15) is 0 Å². The molecule has 1 N–H and O–H groups in total. The molecule has 2 amide bonds. The first-order valence-electron chi connectivity index (χ1n) is 11.9. The normalized spacial score (nSPS) is 14.7. The Kier molecular flexibility index (Phi) is 7.65. The number of anilines is 1. The summed E-state index contributed by atoms with van der Waals surface area (Å²) in [4.78, 5) is 41.6. The minimum atomic E-state index is -1.03. The first-order chi connectivity index (χ1) is 17.0. The first-order valence-corrected chi connectivity index (χ1v) is 11.9. The average Bonchev–Trinajstić information content (AvgIpc) is 3.43. The van der Waals surface area contributed by atoms with Crippen LogP contribution in [-0.4, -0.2) is 30.7 Å². The number of nitrogens with one attached hydrogen (secondary N) is 1. The van der Waals surface area contributed by atoms with Crippen LogP contribution in [0.25, 0.3) is 0 Å². The van der Waals surface area contributed by atoms with E-state index in [9.17, 15) is 14.4 Å². The summed E-state index contributed by atoms with van der Waals surface area (Å²) < 4.78 is 10.7. The molecule has 1 heterocycles. The maximum absolute atomic E-state index is 13.9. The van der Waals surface area contributed by atoms with Crippen molar-refractivity contribution in [2.75, 3.05) is 12.0 Å². The zero-order chi connectivity index (χ0) is 24.8. The number of carbonyl (C=O) groups is 3. The SMILES string of the molecule is COc1ccc([C@H](C(=O)NC2CCCCC2)N(C(=O)c2ccco2)c2ccccc2C(C)=O)cc1. The Balaban J connectivity index is 1.85. The zero-order valence-electron chi connectivity index (χ0n) is 20.0. The highest BCUT2D eigenvalue weighted by atomic mass is 16.5. The monoisotopic (exact) mass is 474 g/mol. The third-order valence-electron chi connectivity index (χ3n) is 6.38. The summed E-state index contributed by atoms with van der Waals surface area (Å²) >= 11 is 0. The van der Waals surface area contributed by atoms with Gasteiger partial charge in [0.1, 0.15) is 11.8 Å². The number of Topliss-reactive ketones (excluding diaryl/α,β-unsaturated/α-hetero) is 1. The number of amides is 2. The van der Waals surface area contributed by atoms with Crippen LogP contribution in [0.3, 0.4) is 0 Å². The number of ketones is 1. The standard InChI is InChI=1S/C28H30N2O5/c1-19(31)23-11-6-7-12-24(23)30(28(33)25-13-8-18-35-25)26(20-14-16-22(34-2)17-15-20)27(32)29-21-9-4-3-5-10-21/h6-8,11-18,21,26H,3-5,9-10H2,1-2H3,(H,29,32)/t26-/m1/s1. The second-order valence-electron chi connectivity index (χ2n) is 8.75. The van der Waals surface area contributed by atoms with Gasteiger partial charge >= 0.3 is 0 Å². The maximum atomic E-state index is 13.9. The van der Waals surface area contributed by atoms with Crippen molar-refractivity contribution < 1.29 is 23.5 Å². The second-order valence-corrected chi connectivity index (χ2v) is 8.75. The lowest BCUT2D eigenvalue weighted by Gasteiger charge is -2.33. The van der Waals surface area contributed by atoms with Crippen LogP contribution in [-0.2, 0) is 4.79 Å². The molecule has 0 bridgehead atoms. The van der Waals surface area contributed by atoms with Gasteiger partial charge in [-0.05, 0) is 61.7 Å². The number of ether oxygens (including phenoxy) is 1. The van der Waals surface area contributed by atoms with E-state index in [-0.39, 0.29) is 23.5 Å². The number of rotatable bonds is 8. The Labute approximate surface area is 205 Å². The van der Waals surface area contributed by atoms with Crippen molar-refractivity contribution in [1.29, 1.82) is 0 Å². The van der Waals surface area contributed by atoms with Crippen LogP contribution < -0.4 is 15.0 Å². The number of para-hydroxylation sites is 1. The molecule has 1 aromatic heterocycles. The minimum absolute atomic E-state index is 0.0422. The molecule has 0 unspecified atom stereocenters. The number of nitrogens with zero attached hydrogens (tertiary/aromatic N) is 1. The molecule has 35 heavy (non-hydrogen) atoms. The first kappa shape index (κ1) is 24.3. The molecule has 3 aromatic rings. The molecule has 182 valence electrons. The summed E-state index contributed by atoms with van der Waals surface area (Å²) in [6.45, 7) is 1.44. The van der Waals surface area contributed by atoms with Crippen LogP contribution in [0, 0.1) is 0 Å². The third kappa shape index (κ3) is 5.45. The lowest BCUT2D eigenvalue weighted by atomic mass is 9.94. The molecule has 1 aliphatic rings. The van der Waals surface area contributed by atoms with Gasteiger partial charge in [-0.25, -0.2) is 0 Å². The number of methoxy groups -OCH3 is 1. The van der Waals surface area contributed by atoms with Crippen molar-refractivity contribution in [3.63, 3.8) is 0 Å².